The first-order valence-electron chi connectivity index (χ1n) is 5.34. The maximum absolute atomic E-state index is 10.7. The molecule has 0 amide bonds. The van der Waals surface area contributed by atoms with Crippen LogP contribution in [0.3, 0.4) is 0 Å². The van der Waals surface area contributed by atoms with Gasteiger partial charge in [-0.25, -0.2) is 4.68 Å². The minimum atomic E-state index is -0.869. The fourth-order valence-electron chi connectivity index (χ4n) is 1.65. The molecule has 1 aromatic carbocycles. The molecule has 0 aliphatic carbocycles. The first kappa shape index (κ1) is 12.9. The Kier molecular flexibility index (Phi) is 3.90. The number of aliphatic carboxylic acids is 1. The van der Waals surface area contributed by atoms with Crippen molar-refractivity contribution in [3.63, 3.8) is 0 Å². The van der Waals surface area contributed by atoms with Gasteiger partial charge in [-0.3, -0.25) is 4.79 Å². The fourth-order valence-corrected chi connectivity index (χ4v) is 2.28. The Hall–Kier alpha value is -1.51. The summed E-state index contributed by atoms with van der Waals surface area (Å²) in [6.07, 6.45) is -0.0124. The SMILES string of the molecule is CC(CC(=O)O)n1nnnc1-c1ccccc1I. The van der Waals surface area contributed by atoms with Gasteiger partial charge in [-0.1, -0.05) is 18.2 Å². The van der Waals surface area contributed by atoms with Crippen LogP contribution in [0.25, 0.3) is 11.4 Å². The highest BCUT2D eigenvalue weighted by atomic mass is 127. The Balaban J connectivity index is 2.39. The normalized spacial score (nSPS) is 12.3. The van der Waals surface area contributed by atoms with Crippen LogP contribution in [0.2, 0.25) is 0 Å². The molecule has 0 aliphatic heterocycles. The van der Waals surface area contributed by atoms with E-state index in [2.05, 4.69) is 38.1 Å². The summed E-state index contributed by atoms with van der Waals surface area (Å²) in [7, 11) is 0. The number of hydrogen-bond donors (Lipinski definition) is 1. The average Bonchev–Trinajstić information content (AvgIpc) is 2.77. The standard InChI is InChI=1S/C11H11IN4O2/c1-7(6-10(17)18)16-11(13-14-15-16)8-4-2-3-5-9(8)12/h2-5,7H,6H2,1H3,(H,17,18). The van der Waals surface area contributed by atoms with Crippen molar-refractivity contribution >= 4 is 28.6 Å². The minimum absolute atomic E-state index is 0.0124. The third kappa shape index (κ3) is 2.66. The number of carbonyl (C=O) groups is 1. The highest BCUT2D eigenvalue weighted by Gasteiger charge is 2.18. The maximum Gasteiger partial charge on any atom is 0.305 e. The molecule has 1 unspecified atom stereocenters. The van der Waals surface area contributed by atoms with Crippen LogP contribution < -0.4 is 0 Å². The summed E-state index contributed by atoms with van der Waals surface area (Å²) in [6, 6.07) is 7.41. The number of aromatic nitrogens is 4. The van der Waals surface area contributed by atoms with Crippen LogP contribution in [0.1, 0.15) is 19.4 Å². The molecule has 0 saturated heterocycles. The van der Waals surface area contributed by atoms with E-state index in [1.54, 1.807) is 11.6 Å². The molecule has 1 atom stereocenters. The van der Waals surface area contributed by atoms with Crippen molar-refractivity contribution in [3.8, 4) is 11.4 Å². The Morgan fingerprint density at radius 3 is 2.89 bits per heavy atom. The highest BCUT2D eigenvalue weighted by molar-refractivity contribution is 14.1. The van der Waals surface area contributed by atoms with E-state index in [0.29, 0.717) is 5.82 Å². The molecule has 0 bridgehead atoms. The number of benzene rings is 1. The van der Waals surface area contributed by atoms with Crippen LogP contribution >= 0.6 is 22.6 Å². The van der Waals surface area contributed by atoms with Gasteiger partial charge in [-0.2, -0.15) is 0 Å². The molecule has 0 aliphatic rings. The van der Waals surface area contributed by atoms with Gasteiger partial charge < -0.3 is 5.11 Å². The second kappa shape index (κ2) is 5.42. The summed E-state index contributed by atoms with van der Waals surface area (Å²) in [5, 5.41) is 20.3. The summed E-state index contributed by atoms with van der Waals surface area (Å²) in [5.41, 5.74) is 0.903. The number of carboxylic acid groups (broad SMARTS) is 1. The van der Waals surface area contributed by atoms with Gasteiger partial charge >= 0.3 is 5.97 Å². The predicted molar refractivity (Wildman–Crippen MR) is 72.9 cm³/mol. The zero-order valence-corrected chi connectivity index (χ0v) is 11.8. The first-order chi connectivity index (χ1) is 8.59. The summed E-state index contributed by atoms with van der Waals surface area (Å²) in [4.78, 5) is 10.7. The Morgan fingerprint density at radius 2 is 2.22 bits per heavy atom. The van der Waals surface area contributed by atoms with E-state index in [0.717, 1.165) is 9.13 Å². The van der Waals surface area contributed by atoms with Crippen LogP contribution in [-0.2, 0) is 4.79 Å². The molecule has 1 N–H and O–H groups in total. The largest absolute Gasteiger partial charge is 0.481 e. The van der Waals surface area contributed by atoms with E-state index < -0.39 is 5.97 Å². The van der Waals surface area contributed by atoms with Crippen molar-refractivity contribution in [2.24, 2.45) is 0 Å². The van der Waals surface area contributed by atoms with Crippen molar-refractivity contribution in [1.82, 2.24) is 20.2 Å². The Morgan fingerprint density at radius 1 is 1.50 bits per heavy atom. The zero-order chi connectivity index (χ0) is 13.1. The third-order valence-corrected chi connectivity index (χ3v) is 3.44. The molecular formula is C11H11IN4O2. The molecule has 94 valence electrons. The molecule has 0 saturated carbocycles. The smallest absolute Gasteiger partial charge is 0.305 e. The number of carboxylic acids is 1. The first-order valence-corrected chi connectivity index (χ1v) is 6.42. The summed E-state index contributed by atoms with van der Waals surface area (Å²) < 4.78 is 2.57. The molecule has 0 spiro atoms. The van der Waals surface area contributed by atoms with E-state index in [-0.39, 0.29) is 12.5 Å². The Bertz CT molecular complexity index is 570. The van der Waals surface area contributed by atoms with Crippen molar-refractivity contribution in [3.05, 3.63) is 27.8 Å². The molecular weight excluding hydrogens is 347 g/mol. The van der Waals surface area contributed by atoms with Gasteiger partial charge in [0.25, 0.3) is 0 Å². The van der Waals surface area contributed by atoms with E-state index in [9.17, 15) is 4.79 Å². The number of nitrogens with zero attached hydrogens (tertiary/aromatic N) is 4. The lowest BCUT2D eigenvalue weighted by Gasteiger charge is -2.11. The molecule has 0 radical (unpaired) electrons. The van der Waals surface area contributed by atoms with E-state index >= 15 is 0 Å². The molecule has 2 aromatic rings. The van der Waals surface area contributed by atoms with Gasteiger partial charge in [0.2, 0.25) is 0 Å². The highest BCUT2D eigenvalue weighted by Crippen LogP contribution is 2.25. The predicted octanol–water partition coefficient (Wildman–Crippen LogP) is 1.98. The van der Waals surface area contributed by atoms with Crippen LogP contribution in [0.4, 0.5) is 0 Å². The monoisotopic (exact) mass is 358 g/mol. The lowest BCUT2D eigenvalue weighted by molar-refractivity contribution is -0.137. The molecule has 7 heteroatoms. The third-order valence-electron chi connectivity index (χ3n) is 2.50. The van der Waals surface area contributed by atoms with Crippen molar-refractivity contribution in [1.29, 1.82) is 0 Å². The van der Waals surface area contributed by atoms with Crippen LogP contribution in [0.15, 0.2) is 24.3 Å². The van der Waals surface area contributed by atoms with Crippen molar-refractivity contribution in [2.75, 3.05) is 0 Å². The zero-order valence-electron chi connectivity index (χ0n) is 9.62. The number of tetrazole rings is 1. The average molecular weight is 358 g/mol. The van der Waals surface area contributed by atoms with Gasteiger partial charge in [0, 0.05) is 9.13 Å². The van der Waals surface area contributed by atoms with Crippen molar-refractivity contribution in [2.45, 2.75) is 19.4 Å². The molecule has 0 fully saturated rings. The summed E-state index contributed by atoms with van der Waals surface area (Å²) >= 11 is 2.20. The Labute approximate surface area is 117 Å². The second-order valence-electron chi connectivity index (χ2n) is 3.87. The quantitative estimate of drug-likeness (QED) is 0.846. The molecule has 18 heavy (non-hydrogen) atoms. The second-order valence-corrected chi connectivity index (χ2v) is 5.04. The molecule has 1 heterocycles. The van der Waals surface area contributed by atoms with E-state index in [4.69, 9.17) is 5.11 Å². The number of rotatable bonds is 4. The van der Waals surface area contributed by atoms with Crippen LogP contribution in [0.5, 0.6) is 0 Å². The van der Waals surface area contributed by atoms with Gasteiger partial charge in [-0.15, -0.1) is 5.10 Å². The minimum Gasteiger partial charge on any atom is -0.481 e. The van der Waals surface area contributed by atoms with E-state index in [1.807, 2.05) is 24.3 Å². The summed E-state index contributed by atoms with van der Waals surface area (Å²) in [5.74, 6) is -0.277. The lowest BCUT2D eigenvalue weighted by Crippen LogP contribution is -2.13. The summed E-state index contributed by atoms with van der Waals surface area (Å²) in [6.45, 7) is 1.78. The topological polar surface area (TPSA) is 80.9 Å². The number of halogens is 1. The van der Waals surface area contributed by atoms with Crippen LogP contribution in [-0.4, -0.2) is 31.3 Å². The number of hydrogen-bond acceptors (Lipinski definition) is 4. The van der Waals surface area contributed by atoms with Gasteiger partial charge in [-0.05, 0) is 46.0 Å². The van der Waals surface area contributed by atoms with Gasteiger partial charge in [0.15, 0.2) is 5.82 Å². The van der Waals surface area contributed by atoms with Gasteiger partial charge in [0.1, 0.15) is 0 Å². The van der Waals surface area contributed by atoms with E-state index in [1.165, 1.54) is 0 Å². The van der Waals surface area contributed by atoms with Crippen molar-refractivity contribution < 1.29 is 9.90 Å². The lowest BCUT2D eigenvalue weighted by atomic mass is 10.2. The van der Waals surface area contributed by atoms with Crippen LogP contribution in [0, 0.1) is 3.57 Å². The molecule has 6 nitrogen and oxygen atoms in total. The molecule has 2 rings (SSSR count). The van der Waals surface area contributed by atoms with Gasteiger partial charge in [0.05, 0.1) is 12.5 Å². The fraction of sp³-hybridized carbons (Fsp3) is 0.273. The molecule has 1 aromatic heterocycles. The maximum atomic E-state index is 10.7.